The van der Waals surface area contributed by atoms with Gasteiger partial charge in [0.05, 0.1) is 4.91 Å². The summed E-state index contributed by atoms with van der Waals surface area (Å²) in [6.07, 6.45) is 0. The third-order valence-corrected chi connectivity index (χ3v) is 3.90. The van der Waals surface area contributed by atoms with Crippen molar-refractivity contribution < 1.29 is 39.7 Å². The maximum atomic E-state index is 13.7. The Morgan fingerprint density at radius 3 is 2.12 bits per heavy atom. The van der Waals surface area contributed by atoms with Gasteiger partial charge in [-0.15, -0.1) is 0 Å². The van der Waals surface area contributed by atoms with Crippen LogP contribution in [0.4, 0.5) is 23.2 Å². The lowest BCUT2D eigenvalue weighted by molar-refractivity contribution is 0.0440. The van der Waals surface area contributed by atoms with E-state index in [0.717, 1.165) is 6.92 Å². The first-order valence-corrected chi connectivity index (χ1v) is 7.58. The zero-order valence-electron chi connectivity index (χ0n) is 12.4. The molecule has 0 aliphatic carbocycles. The first kappa shape index (κ1) is 20.4. The summed E-state index contributed by atoms with van der Waals surface area (Å²) in [6, 6.07) is 0. The second kappa shape index (κ2) is 7.96. The smallest absolute Gasteiger partial charge is 0.344 e. The standard InChI is InChI=1S/C12H9F4N3O5S/c1-5(2)25(21,22)24-4-3-23-12(20)6-7(13)9(15)11(18-19-17)10(16)8(6)14/h1,3-4H2,2H3. The van der Waals surface area contributed by atoms with E-state index in [1.165, 1.54) is 0 Å². The van der Waals surface area contributed by atoms with Gasteiger partial charge in [-0.3, -0.25) is 4.18 Å². The number of carbonyl (C=O) groups is 1. The molecule has 0 spiro atoms. The highest BCUT2D eigenvalue weighted by Gasteiger charge is 2.30. The van der Waals surface area contributed by atoms with Gasteiger partial charge in [0.15, 0.2) is 23.3 Å². The molecule has 0 N–H and O–H groups in total. The van der Waals surface area contributed by atoms with Crippen LogP contribution < -0.4 is 0 Å². The molecule has 0 bridgehead atoms. The van der Waals surface area contributed by atoms with Gasteiger partial charge >= 0.3 is 5.97 Å². The van der Waals surface area contributed by atoms with Crippen LogP contribution in [0.15, 0.2) is 16.6 Å². The van der Waals surface area contributed by atoms with Gasteiger partial charge in [-0.1, -0.05) is 11.7 Å². The molecule has 0 saturated carbocycles. The fourth-order valence-corrected chi connectivity index (χ4v) is 1.87. The number of ether oxygens (including phenoxy) is 1. The molecule has 0 amide bonds. The molecule has 8 nitrogen and oxygen atoms in total. The molecule has 0 radical (unpaired) electrons. The van der Waals surface area contributed by atoms with E-state index >= 15 is 0 Å². The van der Waals surface area contributed by atoms with E-state index in [0.29, 0.717) is 0 Å². The van der Waals surface area contributed by atoms with Crippen molar-refractivity contribution in [2.24, 2.45) is 5.11 Å². The summed E-state index contributed by atoms with van der Waals surface area (Å²) < 4.78 is 85.5. The van der Waals surface area contributed by atoms with Crippen LogP contribution in [0.2, 0.25) is 0 Å². The Kier molecular flexibility index (Phi) is 6.50. The molecule has 1 aromatic carbocycles. The van der Waals surface area contributed by atoms with Gasteiger partial charge < -0.3 is 4.74 Å². The van der Waals surface area contributed by atoms with Crippen LogP contribution >= 0.6 is 0 Å². The van der Waals surface area contributed by atoms with Crippen LogP contribution in [0.1, 0.15) is 17.3 Å². The SMILES string of the molecule is C=C(C)S(=O)(=O)OCCOC(=O)c1c(F)c(F)c(N=[N+]=[N-])c(F)c1F. The number of esters is 1. The molecule has 1 rings (SSSR count). The monoisotopic (exact) mass is 383 g/mol. The van der Waals surface area contributed by atoms with Crippen molar-refractivity contribution in [3.8, 4) is 0 Å². The van der Waals surface area contributed by atoms with E-state index in [1.54, 1.807) is 0 Å². The zero-order chi connectivity index (χ0) is 19.4. The number of azide groups is 1. The Balaban J connectivity index is 2.97. The average Bonchev–Trinajstić information content (AvgIpc) is 2.54. The topological polar surface area (TPSA) is 118 Å². The van der Waals surface area contributed by atoms with Crippen molar-refractivity contribution in [1.82, 2.24) is 0 Å². The van der Waals surface area contributed by atoms with Gasteiger partial charge in [-0.05, 0) is 12.5 Å². The maximum Gasteiger partial charge on any atom is 0.344 e. The molecule has 0 fully saturated rings. The number of rotatable bonds is 7. The molecule has 136 valence electrons. The lowest BCUT2D eigenvalue weighted by Crippen LogP contribution is -2.17. The summed E-state index contributed by atoms with van der Waals surface area (Å²) in [5.74, 6) is -10.3. The van der Waals surface area contributed by atoms with Gasteiger partial charge in [0.2, 0.25) is 0 Å². The number of carbonyl (C=O) groups excluding carboxylic acids is 1. The first-order valence-electron chi connectivity index (χ1n) is 6.17. The summed E-state index contributed by atoms with van der Waals surface area (Å²) in [5.41, 5.74) is 4.79. The predicted molar refractivity (Wildman–Crippen MR) is 75.0 cm³/mol. The highest BCUT2D eigenvalue weighted by atomic mass is 32.2. The third kappa shape index (κ3) is 4.47. The minimum absolute atomic E-state index is 0.339. The normalized spacial score (nSPS) is 10.9. The lowest BCUT2D eigenvalue weighted by atomic mass is 10.1. The van der Waals surface area contributed by atoms with E-state index in [-0.39, 0.29) is 4.91 Å². The van der Waals surface area contributed by atoms with Gasteiger partial charge in [-0.2, -0.15) is 8.42 Å². The Labute approximate surface area is 138 Å². The average molecular weight is 383 g/mol. The minimum Gasteiger partial charge on any atom is -0.459 e. The van der Waals surface area contributed by atoms with Gasteiger partial charge in [0, 0.05) is 4.91 Å². The number of allylic oxidation sites excluding steroid dienone is 1. The Bertz CT molecular complexity index is 852. The van der Waals surface area contributed by atoms with Gasteiger partial charge in [-0.25, -0.2) is 22.4 Å². The molecular formula is C12H9F4N3O5S. The quantitative estimate of drug-likeness (QED) is 0.105. The van der Waals surface area contributed by atoms with Crippen molar-refractivity contribution in [3.05, 3.63) is 50.8 Å². The van der Waals surface area contributed by atoms with Crippen LogP contribution in [-0.4, -0.2) is 27.6 Å². The molecular weight excluding hydrogens is 374 g/mol. The lowest BCUT2D eigenvalue weighted by Gasteiger charge is -2.10. The second-order valence-electron chi connectivity index (χ2n) is 4.28. The predicted octanol–water partition coefficient (Wildman–Crippen LogP) is 3.22. The fourth-order valence-electron chi connectivity index (χ4n) is 1.38. The summed E-state index contributed by atoms with van der Waals surface area (Å²) >= 11 is 0. The molecule has 0 atom stereocenters. The van der Waals surface area contributed by atoms with Crippen LogP contribution in [0.3, 0.4) is 0 Å². The molecule has 13 heteroatoms. The molecule has 0 heterocycles. The van der Waals surface area contributed by atoms with Crippen LogP contribution in [-0.2, 0) is 19.0 Å². The van der Waals surface area contributed by atoms with Gasteiger partial charge in [0.25, 0.3) is 10.1 Å². The van der Waals surface area contributed by atoms with E-state index in [2.05, 4.69) is 20.6 Å². The molecule has 0 unspecified atom stereocenters. The fraction of sp³-hybridized carbons (Fsp3) is 0.250. The highest BCUT2D eigenvalue weighted by Crippen LogP contribution is 2.30. The van der Waals surface area contributed by atoms with Crippen molar-refractivity contribution >= 4 is 21.8 Å². The Morgan fingerprint density at radius 1 is 1.16 bits per heavy atom. The second-order valence-corrected chi connectivity index (χ2v) is 6.12. The number of hydrogen-bond donors (Lipinski definition) is 0. The van der Waals surface area contributed by atoms with Crippen LogP contribution in [0.25, 0.3) is 10.4 Å². The molecule has 0 aromatic heterocycles. The van der Waals surface area contributed by atoms with Crippen molar-refractivity contribution in [3.63, 3.8) is 0 Å². The molecule has 25 heavy (non-hydrogen) atoms. The molecule has 0 saturated heterocycles. The highest BCUT2D eigenvalue weighted by molar-refractivity contribution is 7.90. The first-order chi connectivity index (χ1) is 11.5. The summed E-state index contributed by atoms with van der Waals surface area (Å²) in [5, 5.41) is 2.45. The molecule has 1 aromatic rings. The van der Waals surface area contributed by atoms with Crippen LogP contribution in [0.5, 0.6) is 0 Å². The summed E-state index contributed by atoms with van der Waals surface area (Å²) in [4.78, 5) is 13.2. The Hall–Kier alpha value is -2.63. The largest absolute Gasteiger partial charge is 0.459 e. The van der Waals surface area contributed by atoms with E-state index in [1.807, 2.05) is 4.91 Å². The number of nitrogens with zero attached hydrogens (tertiary/aromatic N) is 3. The van der Waals surface area contributed by atoms with Crippen molar-refractivity contribution in [1.29, 1.82) is 0 Å². The zero-order valence-corrected chi connectivity index (χ0v) is 13.2. The minimum atomic E-state index is -4.10. The van der Waals surface area contributed by atoms with Crippen molar-refractivity contribution in [2.45, 2.75) is 6.92 Å². The van der Waals surface area contributed by atoms with Crippen molar-refractivity contribution in [2.75, 3.05) is 13.2 Å². The molecule has 0 aliphatic heterocycles. The van der Waals surface area contributed by atoms with Crippen LogP contribution in [0, 0.1) is 23.3 Å². The van der Waals surface area contributed by atoms with E-state index < -0.39 is 63.8 Å². The Morgan fingerprint density at radius 2 is 1.68 bits per heavy atom. The van der Waals surface area contributed by atoms with E-state index in [9.17, 15) is 30.8 Å². The molecule has 0 aliphatic rings. The summed E-state index contributed by atoms with van der Waals surface area (Å²) in [7, 11) is -4.10. The number of benzene rings is 1. The third-order valence-electron chi connectivity index (χ3n) is 2.57. The number of halogens is 4. The number of hydrogen-bond acceptors (Lipinski definition) is 6. The van der Waals surface area contributed by atoms with Gasteiger partial charge in [0.1, 0.15) is 24.5 Å². The summed E-state index contributed by atoms with van der Waals surface area (Å²) in [6.45, 7) is 2.71. The maximum absolute atomic E-state index is 13.7. The van der Waals surface area contributed by atoms with E-state index in [4.69, 9.17) is 5.53 Å².